The molecule has 5 rings (SSSR count). The van der Waals surface area contributed by atoms with E-state index in [1.807, 2.05) is 24.3 Å². The van der Waals surface area contributed by atoms with Gasteiger partial charge in [0.15, 0.2) is 18.2 Å². The smallest absolute Gasteiger partial charge is 0.303 e. The van der Waals surface area contributed by atoms with Crippen molar-refractivity contribution >= 4 is 23.2 Å². The first-order valence-corrected chi connectivity index (χ1v) is 13.4. The molecular weight excluding hydrogens is 485 g/mol. The minimum atomic E-state index is -1.24. The number of ketones is 2. The Labute approximate surface area is 222 Å². The molecule has 0 bridgehead atoms. The zero-order valence-corrected chi connectivity index (χ0v) is 21.9. The first-order chi connectivity index (χ1) is 18.1. The monoisotopic (exact) mass is 519 g/mol. The van der Waals surface area contributed by atoms with E-state index in [0.717, 1.165) is 11.1 Å². The van der Waals surface area contributed by atoms with Crippen molar-refractivity contribution in [2.75, 3.05) is 18.9 Å². The minimum Gasteiger partial charge on any atom is -0.458 e. The third-order valence-electron chi connectivity index (χ3n) is 9.55. The number of hydrogen-bond acceptors (Lipinski definition) is 6. The van der Waals surface area contributed by atoms with Crippen LogP contribution < -0.4 is 5.73 Å². The summed E-state index contributed by atoms with van der Waals surface area (Å²) in [5.41, 5.74) is 8.54. The number of rotatable bonds is 4. The van der Waals surface area contributed by atoms with Gasteiger partial charge in [-0.2, -0.15) is 0 Å². The number of carbonyl (C=O) groups is 3. The fourth-order valence-electron chi connectivity index (χ4n) is 7.90. The van der Waals surface area contributed by atoms with Crippen molar-refractivity contribution in [2.24, 2.45) is 22.7 Å². The summed E-state index contributed by atoms with van der Waals surface area (Å²) in [5, 5.41) is 9.58. The quantitative estimate of drug-likeness (QED) is 0.350. The van der Waals surface area contributed by atoms with Gasteiger partial charge in [0, 0.05) is 24.9 Å². The predicted octanol–water partition coefficient (Wildman–Crippen LogP) is 4.23. The number of alkyl halides is 1. The number of benzene rings is 1. The maximum Gasteiger partial charge on any atom is 0.303 e. The minimum absolute atomic E-state index is 0.0262. The highest BCUT2D eigenvalue weighted by molar-refractivity contribution is 5.93. The summed E-state index contributed by atoms with van der Waals surface area (Å²) in [7, 11) is 0. The first-order valence-electron chi connectivity index (χ1n) is 13.4. The van der Waals surface area contributed by atoms with Crippen molar-refractivity contribution in [2.45, 2.75) is 64.5 Å². The molecule has 0 radical (unpaired) electrons. The van der Waals surface area contributed by atoms with Gasteiger partial charge in [0.2, 0.25) is 0 Å². The number of halogens is 1. The Morgan fingerprint density at radius 2 is 1.97 bits per heavy atom. The van der Waals surface area contributed by atoms with Crippen LogP contribution in [-0.2, 0) is 19.1 Å². The largest absolute Gasteiger partial charge is 0.458 e. The van der Waals surface area contributed by atoms with Crippen molar-refractivity contribution in [3.8, 4) is 11.8 Å². The third-order valence-corrected chi connectivity index (χ3v) is 9.55. The molecule has 0 amide bonds. The summed E-state index contributed by atoms with van der Waals surface area (Å²) in [6.07, 6.45) is 3.10. The number of carbonyl (C=O) groups excluding carboxylic acids is 3. The number of ether oxygens (including phenoxy) is 1. The molecule has 38 heavy (non-hydrogen) atoms. The van der Waals surface area contributed by atoms with Gasteiger partial charge in [-0.3, -0.25) is 14.4 Å². The van der Waals surface area contributed by atoms with E-state index >= 15 is 4.39 Å². The molecule has 4 aliphatic carbocycles. The Kier molecular flexibility index (Phi) is 6.81. The number of nitrogens with two attached hydrogens (primary N) is 1. The van der Waals surface area contributed by atoms with Crippen LogP contribution in [0.25, 0.3) is 0 Å². The van der Waals surface area contributed by atoms with E-state index in [1.165, 1.54) is 18.6 Å². The lowest BCUT2D eigenvalue weighted by atomic mass is 9.48. The summed E-state index contributed by atoms with van der Waals surface area (Å²) in [5.74, 6) is 4.76. The topological polar surface area (TPSA) is 107 Å². The van der Waals surface area contributed by atoms with E-state index < -0.39 is 29.6 Å². The fourth-order valence-corrected chi connectivity index (χ4v) is 7.90. The van der Waals surface area contributed by atoms with Gasteiger partial charge < -0.3 is 15.6 Å². The molecule has 0 spiro atoms. The van der Waals surface area contributed by atoms with Crippen LogP contribution in [0.2, 0.25) is 0 Å². The second kappa shape index (κ2) is 9.81. The normalized spacial score (nSPS) is 33.8. The lowest BCUT2D eigenvalue weighted by molar-refractivity contribution is -0.150. The molecule has 0 saturated heterocycles. The van der Waals surface area contributed by atoms with Gasteiger partial charge in [0.25, 0.3) is 0 Å². The van der Waals surface area contributed by atoms with Crippen LogP contribution in [0.1, 0.15) is 63.9 Å². The molecule has 0 aliphatic heterocycles. The molecule has 2 saturated carbocycles. The van der Waals surface area contributed by atoms with Crippen LogP contribution in [0.4, 0.5) is 10.1 Å². The Morgan fingerprint density at radius 3 is 2.66 bits per heavy atom. The Balaban J connectivity index is 1.69. The van der Waals surface area contributed by atoms with Gasteiger partial charge in [-0.25, -0.2) is 4.39 Å². The highest BCUT2D eigenvalue weighted by atomic mass is 19.1. The van der Waals surface area contributed by atoms with Crippen LogP contribution in [-0.4, -0.2) is 42.0 Å². The fraction of sp³-hybridized carbons (Fsp3) is 0.516. The molecule has 2 fully saturated rings. The van der Waals surface area contributed by atoms with E-state index in [1.54, 1.807) is 0 Å². The maximum atomic E-state index is 15.7. The number of hydrogen-bond donors (Lipinski definition) is 2. The second-order valence-corrected chi connectivity index (χ2v) is 11.4. The number of Topliss-reactive ketones (excluding diaryl/α,β-unsaturated/α-hetero) is 1. The van der Waals surface area contributed by atoms with Crippen molar-refractivity contribution in [1.29, 1.82) is 0 Å². The van der Waals surface area contributed by atoms with Gasteiger partial charge in [0.1, 0.15) is 12.8 Å². The number of anilines is 1. The highest BCUT2D eigenvalue weighted by Gasteiger charge is 2.66. The van der Waals surface area contributed by atoms with E-state index in [0.29, 0.717) is 43.4 Å². The van der Waals surface area contributed by atoms with Crippen molar-refractivity contribution in [1.82, 2.24) is 0 Å². The number of aliphatic hydroxyl groups is 1. The van der Waals surface area contributed by atoms with Crippen LogP contribution >= 0.6 is 0 Å². The van der Waals surface area contributed by atoms with Crippen molar-refractivity contribution in [3.63, 3.8) is 0 Å². The standard InChI is InChI=1S/C31H34FNO5/c1-18(35)38-17-28(37)31(11-3-13-34)12-10-26-24-15-27(32)23-14-21(36)8-9-22(23)29(24)25(16-30(26,31)2)19-4-6-20(33)7-5-19/h4-7,14,24-27,34H,8-10,12-13,15-17,33H2,1-2H3/t24-,25+,26-,27?,30-,31+/m0/s1. The lowest BCUT2D eigenvalue weighted by Gasteiger charge is -2.55. The van der Waals surface area contributed by atoms with Gasteiger partial charge in [-0.15, -0.1) is 0 Å². The Hall–Kier alpha value is -3.24. The molecule has 6 atom stereocenters. The summed E-state index contributed by atoms with van der Waals surface area (Å²) < 4.78 is 20.9. The van der Waals surface area contributed by atoms with Gasteiger partial charge >= 0.3 is 5.97 Å². The first kappa shape index (κ1) is 26.4. The Bertz CT molecular complexity index is 1300. The number of esters is 1. The SMILES string of the molecule is CC(=O)OCC(=O)[C@@]1(C#CCO)CC[C@H]2[C@@H]3CC(F)C4=CC(=O)CCC4=C3[C@@H](c3ccc(N)cc3)C[C@@]21C. The average molecular weight is 520 g/mol. The third kappa shape index (κ3) is 4.10. The zero-order chi connectivity index (χ0) is 27.2. The van der Waals surface area contributed by atoms with Crippen LogP contribution in [0, 0.1) is 34.5 Å². The predicted molar refractivity (Wildman–Crippen MR) is 140 cm³/mol. The highest BCUT2D eigenvalue weighted by Crippen LogP contribution is 2.69. The van der Waals surface area contributed by atoms with Crippen LogP contribution in [0.15, 0.2) is 47.1 Å². The van der Waals surface area contributed by atoms with Crippen LogP contribution in [0.5, 0.6) is 0 Å². The van der Waals surface area contributed by atoms with Gasteiger partial charge in [-0.05, 0) is 84.3 Å². The zero-order valence-electron chi connectivity index (χ0n) is 21.9. The maximum absolute atomic E-state index is 15.7. The molecule has 7 heteroatoms. The summed E-state index contributed by atoms with van der Waals surface area (Å²) in [6.45, 7) is 2.55. The van der Waals surface area contributed by atoms with Crippen molar-refractivity contribution < 1.29 is 28.6 Å². The van der Waals surface area contributed by atoms with E-state index in [2.05, 4.69) is 18.8 Å². The lowest BCUT2D eigenvalue weighted by Crippen LogP contribution is -2.52. The molecule has 200 valence electrons. The van der Waals surface area contributed by atoms with E-state index in [9.17, 15) is 19.5 Å². The average Bonchev–Trinajstić information content (AvgIpc) is 3.19. The summed E-state index contributed by atoms with van der Waals surface area (Å²) in [6, 6.07) is 7.68. The molecule has 1 unspecified atom stereocenters. The Morgan fingerprint density at radius 1 is 1.24 bits per heavy atom. The van der Waals surface area contributed by atoms with E-state index in [-0.39, 0.29) is 42.3 Å². The summed E-state index contributed by atoms with van der Waals surface area (Å²) >= 11 is 0. The van der Waals surface area contributed by atoms with Crippen molar-refractivity contribution in [3.05, 3.63) is 52.6 Å². The molecule has 4 aliphatic rings. The van der Waals surface area contributed by atoms with Gasteiger partial charge in [-0.1, -0.05) is 36.5 Å². The molecular formula is C31H34FNO5. The number of allylic oxidation sites excluding steroid dienone is 4. The molecule has 0 aromatic heterocycles. The summed E-state index contributed by atoms with van der Waals surface area (Å²) in [4.78, 5) is 37.6. The molecule has 1 aromatic carbocycles. The second-order valence-electron chi connectivity index (χ2n) is 11.4. The van der Waals surface area contributed by atoms with E-state index in [4.69, 9.17) is 10.5 Å². The number of aliphatic hydroxyl groups excluding tert-OH is 1. The molecule has 3 N–H and O–H groups in total. The van der Waals surface area contributed by atoms with Gasteiger partial charge in [0.05, 0.1) is 5.41 Å². The molecule has 0 heterocycles. The molecule has 1 aromatic rings. The van der Waals surface area contributed by atoms with Crippen LogP contribution in [0.3, 0.4) is 0 Å². The molecule has 6 nitrogen and oxygen atoms in total. The number of fused-ring (bicyclic) bond motifs is 4. The number of nitrogen functional groups attached to an aromatic ring is 1.